The summed E-state index contributed by atoms with van der Waals surface area (Å²) in [5, 5.41) is -0.784. The number of rotatable bonds is 2. The molecular formula is C10H15BrN2OS. The molecule has 0 aliphatic carbocycles. The number of hydrogen-bond acceptors (Lipinski definition) is 4. The minimum absolute atomic E-state index is 0.0120. The van der Waals surface area contributed by atoms with Crippen molar-refractivity contribution in [3.05, 3.63) is 9.48 Å². The van der Waals surface area contributed by atoms with Crippen LogP contribution in [-0.4, -0.2) is 31.1 Å². The summed E-state index contributed by atoms with van der Waals surface area (Å²) in [6, 6.07) is 0. The van der Waals surface area contributed by atoms with Gasteiger partial charge in [-0.15, -0.1) is 0 Å². The van der Waals surface area contributed by atoms with Crippen LogP contribution in [0.2, 0.25) is 0 Å². The van der Waals surface area contributed by atoms with Crippen molar-refractivity contribution in [3.8, 4) is 0 Å². The minimum atomic E-state index is -3.43. The van der Waals surface area contributed by atoms with Crippen molar-refractivity contribution < 1.29 is 25.3 Å². The smallest absolute Gasteiger partial charge is 0.186 e. The highest BCUT2D eigenvalue weighted by Gasteiger charge is 2.18. The van der Waals surface area contributed by atoms with Crippen LogP contribution in [0, 0.1) is 0 Å². The molecule has 2 heterocycles. The van der Waals surface area contributed by atoms with Crippen LogP contribution in [0.1, 0.15) is 45.9 Å². The molecule has 0 saturated carbocycles. The topological polar surface area (TPSA) is 25.4 Å². The van der Waals surface area contributed by atoms with Gasteiger partial charge in [-0.05, 0) is 21.8 Å². The number of nitrogens with zero attached hydrogens (tertiary/aromatic N) is 2. The molecule has 0 atom stereocenters. The van der Waals surface area contributed by atoms with E-state index >= 15 is 0 Å². The molecule has 0 spiro atoms. The Kier molecular flexibility index (Phi) is 0.961. The average molecular weight is 306 g/mol. The number of anilines is 1. The molecule has 0 aromatic carbocycles. The first-order valence-corrected chi connectivity index (χ1v) is 5.23. The van der Waals surface area contributed by atoms with Gasteiger partial charge in [-0.3, -0.25) is 0 Å². The zero-order valence-corrected chi connectivity index (χ0v) is 9.49. The van der Waals surface area contributed by atoms with Gasteiger partial charge in [0.1, 0.15) is 0 Å². The lowest BCUT2D eigenvalue weighted by Gasteiger charge is -2.26. The maximum atomic E-state index is 8.20. The van der Waals surface area contributed by atoms with Crippen LogP contribution in [0.25, 0.3) is 0 Å². The second kappa shape index (κ2) is 4.80. The van der Waals surface area contributed by atoms with Crippen LogP contribution in [0.3, 0.4) is 0 Å². The first kappa shape index (κ1) is 3.00. The van der Waals surface area contributed by atoms with E-state index < -0.39 is 56.5 Å². The van der Waals surface area contributed by atoms with Gasteiger partial charge in [0.15, 0.2) is 5.13 Å². The summed E-state index contributed by atoms with van der Waals surface area (Å²) in [5.41, 5.74) is -0.873. The standard InChI is InChI=1S/C10H15BrN2OS/c1-7(2)8-9(11)15-10(12-8)13-3-5-14-6-4-13/h7H,3-6H2,1-2H3/i1D3,2D3,3D2,4D2,5D2,6D2,7D. The van der Waals surface area contributed by atoms with Crippen molar-refractivity contribution in [1.29, 1.82) is 0 Å². The molecular weight excluding hydrogens is 276 g/mol. The van der Waals surface area contributed by atoms with E-state index in [-0.39, 0.29) is 8.69 Å². The Morgan fingerprint density at radius 1 is 1.67 bits per heavy atom. The molecule has 1 saturated heterocycles. The molecule has 3 nitrogen and oxygen atoms in total. The fraction of sp³-hybridized carbons (Fsp3) is 0.700. The number of morpholine rings is 1. The monoisotopic (exact) mass is 305 g/mol. The second-order valence-corrected chi connectivity index (χ2v) is 4.65. The van der Waals surface area contributed by atoms with Crippen LogP contribution in [0.15, 0.2) is 3.79 Å². The van der Waals surface area contributed by atoms with Crippen LogP contribution < -0.4 is 4.90 Å². The molecule has 5 heteroatoms. The molecule has 15 heavy (non-hydrogen) atoms. The van der Waals surface area contributed by atoms with Crippen molar-refractivity contribution in [2.45, 2.75) is 19.6 Å². The molecule has 0 unspecified atom stereocenters. The molecule has 0 N–H and O–H groups in total. The molecule has 1 aromatic rings. The molecule has 0 bridgehead atoms. The number of halogens is 1. The average Bonchev–Trinajstić information content (AvgIpc) is 2.82. The van der Waals surface area contributed by atoms with Crippen LogP contribution in [-0.2, 0) is 4.74 Å². The van der Waals surface area contributed by atoms with Crippen molar-refractivity contribution in [1.82, 2.24) is 4.98 Å². The van der Waals surface area contributed by atoms with Gasteiger partial charge in [0.25, 0.3) is 0 Å². The highest BCUT2D eigenvalue weighted by atomic mass is 79.9. The predicted octanol–water partition coefficient (Wildman–Crippen LogP) is 2.87. The fourth-order valence-corrected chi connectivity index (χ4v) is 2.27. The van der Waals surface area contributed by atoms with E-state index in [4.69, 9.17) is 20.6 Å². The van der Waals surface area contributed by atoms with Gasteiger partial charge in [-0.25, -0.2) is 4.98 Å². The normalized spacial score (nSPS) is 48.1. The minimum Gasteiger partial charge on any atom is -0.378 e. The van der Waals surface area contributed by atoms with E-state index in [9.17, 15) is 0 Å². The van der Waals surface area contributed by atoms with Gasteiger partial charge in [0, 0.05) is 22.6 Å². The summed E-state index contributed by atoms with van der Waals surface area (Å²) >= 11 is 3.21. The Hall–Kier alpha value is -0.130. The van der Waals surface area contributed by atoms with Crippen LogP contribution >= 0.6 is 27.3 Å². The van der Waals surface area contributed by atoms with Gasteiger partial charge in [-0.2, -0.15) is 0 Å². The zero-order valence-electron chi connectivity index (χ0n) is 22.1. The third-order valence-electron chi connectivity index (χ3n) is 1.42. The van der Waals surface area contributed by atoms with Crippen LogP contribution in [0.4, 0.5) is 5.13 Å². The summed E-state index contributed by atoms with van der Waals surface area (Å²) in [6.45, 7) is -20.3. The lowest BCUT2D eigenvalue weighted by molar-refractivity contribution is 0.122. The molecule has 1 aliphatic rings. The molecule has 2 rings (SSSR count). The Bertz CT molecular complexity index is 790. The first-order valence-electron chi connectivity index (χ1n) is 11.1. The second-order valence-electron chi connectivity index (χ2n) is 2.36. The van der Waals surface area contributed by atoms with Crippen LogP contribution in [0.5, 0.6) is 0 Å². The highest BCUT2D eigenvalue weighted by Crippen LogP contribution is 2.34. The first-order chi connectivity index (χ1) is 13.0. The van der Waals surface area contributed by atoms with E-state index in [1.54, 1.807) is 0 Å². The molecule has 0 amide bonds. The Morgan fingerprint density at radius 2 is 2.40 bits per heavy atom. The summed E-state index contributed by atoms with van der Waals surface area (Å²) in [6.07, 6.45) is 0. The van der Waals surface area contributed by atoms with Gasteiger partial charge in [0.05, 0.1) is 33.6 Å². The summed E-state index contributed by atoms with van der Waals surface area (Å²) in [7, 11) is 0. The Balaban J connectivity index is 2.80. The van der Waals surface area contributed by atoms with Crippen molar-refractivity contribution in [2.75, 3.05) is 31.0 Å². The van der Waals surface area contributed by atoms with Crippen molar-refractivity contribution in [2.24, 2.45) is 0 Å². The Morgan fingerprint density at radius 3 is 3.07 bits per heavy atom. The Labute approximate surface area is 124 Å². The lowest BCUT2D eigenvalue weighted by Crippen LogP contribution is -2.36. The maximum Gasteiger partial charge on any atom is 0.186 e. The van der Waals surface area contributed by atoms with E-state index in [1.165, 1.54) is 0 Å². The van der Waals surface area contributed by atoms with Gasteiger partial charge in [-0.1, -0.05) is 25.0 Å². The van der Waals surface area contributed by atoms with Gasteiger partial charge in [0.2, 0.25) is 0 Å². The lowest BCUT2D eigenvalue weighted by atomic mass is 10.2. The van der Waals surface area contributed by atoms with E-state index in [2.05, 4.69) is 25.7 Å². The summed E-state index contributed by atoms with van der Waals surface area (Å²) in [4.78, 5) is 3.67. The molecule has 1 aromatic heterocycles. The summed E-state index contributed by atoms with van der Waals surface area (Å²) in [5.74, 6) is -3.29. The number of thiazole rings is 1. The van der Waals surface area contributed by atoms with Crippen molar-refractivity contribution in [3.63, 3.8) is 0 Å². The maximum absolute atomic E-state index is 8.20. The zero-order chi connectivity index (χ0) is 23.9. The van der Waals surface area contributed by atoms with E-state index in [0.29, 0.717) is 11.3 Å². The van der Waals surface area contributed by atoms with Gasteiger partial charge < -0.3 is 9.64 Å². The summed E-state index contributed by atoms with van der Waals surface area (Å²) < 4.78 is 120. The SMILES string of the molecule is [2H]C([2H])([2H])C([2H])(c1nc(N2C([2H])([2H])C([2H])([2H])OC([2H])([2H])C2([2H])[2H])sc1Br)C([2H])([2H])[2H]. The van der Waals surface area contributed by atoms with Crippen molar-refractivity contribution >= 4 is 32.4 Å². The molecule has 84 valence electrons. The number of hydrogen-bond donors (Lipinski definition) is 0. The highest BCUT2D eigenvalue weighted by molar-refractivity contribution is 9.11. The van der Waals surface area contributed by atoms with Gasteiger partial charge >= 0.3 is 0 Å². The number of ether oxygens (including phenoxy) is 1. The molecule has 1 aliphatic heterocycles. The molecule has 0 radical (unpaired) electrons. The fourth-order valence-electron chi connectivity index (χ4n) is 0.827. The van der Waals surface area contributed by atoms with E-state index in [0.717, 1.165) is 0 Å². The number of aromatic nitrogens is 1. The van der Waals surface area contributed by atoms with E-state index in [1.807, 2.05) is 0 Å². The quantitative estimate of drug-likeness (QED) is 0.840. The predicted molar refractivity (Wildman–Crippen MR) is 66.9 cm³/mol. The third-order valence-corrected chi connectivity index (χ3v) is 3.11. The third kappa shape index (κ3) is 2.52. The largest absolute Gasteiger partial charge is 0.378 e. The molecule has 1 fully saturated rings.